The van der Waals surface area contributed by atoms with Crippen molar-refractivity contribution in [2.45, 2.75) is 45.6 Å². The predicted octanol–water partition coefficient (Wildman–Crippen LogP) is 6.17. The van der Waals surface area contributed by atoms with Crippen LogP contribution in [0.15, 0.2) is 64.5 Å². The fraction of sp³-hybridized carbons (Fsp3) is 0.267. The fourth-order valence-electron chi connectivity index (χ4n) is 4.08. The van der Waals surface area contributed by atoms with Crippen molar-refractivity contribution >= 4 is 57.3 Å². The summed E-state index contributed by atoms with van der Waals surface area (Å²) in [4.78, 5) is 40.6. The van der Waals surface area contributed by atoms with Gasteiger partial charge in [0.25, 0.3) is 5.91 Å². The number of aliphatic carboxylic acids is 1. The van der Waals surface area contributed by atoms with E-state index in [4.69, 9.17) is 9.47 Å². The third-order valence-electron chi connectivity index (χ3n) is 5.86. The van der Waals surface area contributed by atoms with Crippen molar-refractivity contribution in [2.75, 3.05) is 6.61 Å². The molecule has 0 spiro atoms. The number of carbonyl (C=O) groups is 3. The molecule has 0 radical (unpaired) electrons. The molecular weight excluding hydrogens is 535 g/mol. The van der Waals surface area contributed by atoms with E-state index in [0.29, 0.717) is 15.8 Å². The number of fused-ring (bicyclic) bond motifs is 1. The van der Waals surface area contributed by atoms with E-state index >= 15 is 0 Å². The van der Waals surface area contributed by atoms with Crippen LogP contribution in [0.4, 0.5) is 10.1 Å². The molecular formula is C30H29FN2O6S. The molecule has 1 aliphatic heterocycles. The Balaban J connectivity index is 1.45. The van der Waals surface area contributed by atoms with E-state index in [1.165, 1.54) is 12.1 Å². The normalized spacial score (nSPS) is 16.3. The largest absolute Gasteiger partial charge is 0.482 e. The van der Waals surface area contributed by atoms with Crippen LogP contribution in [0.25, 0.3) is 16.8 Å². The number of benzene rings is 3. The number of amidine groups is 1. The lowest BCUT2D eigenvalue weighted by atomic mass is 9.96. The first-order valence-corrected chi connectivity index (χ1v) is 13.4. The number of amides is 1. The van der Waals surface area contributed by atoms with Gasteiger partial charge in [0.1, 0.15) is 17.2 Å². The maximum Gasteiger partial charge on any atom is 0.344 e. The molecule has 0 saturated carbocycles. The maximum absolute atomic E-state index is 14.6. The van der Waals surface area contributed by atoms with Gasteiger partial charge in [-0.1, -0.05) is 31.2 Å². The van der Waals surface area contributed by atoms with Crippen LogP contribution in [-0.2, 0) is 19.1 Å². The Hall–Kier alpha value is -4.18. The first kappa shape index (κ1) is 28.8. The summed E-state index contributed by atoms with van der Waals surface area (Å²) in [6, 6.07) is 15.2. The van der Waals surface area contributed by atoms with Gasteiger partial charge in [0.15, 0.2) is 11.8 Å². The number of nitrogens with zero attached hydrogens (tertiary/aromatic N) is 1. The average Bonchev–Trinajstić information content (AvgIpc) is 3.21. The van der Waals surface area contributed by atoms with Crippen LogP contribution in [0.2, 0.25) is 0 Å². The van der Waals surface area contributed by atoms with Crippen molar-refractivity contribution in [1.29, 1.82) is 0 Å². The molecule has 3 aromatic carbocycles. The lowest BCUT2D eigenvalue weighted by Gasteiger charge is -2.19. The molecule has 0 aromatic heterocycles. The fourth-order valence-corrected chi connectivity index (χ4v) is 4.92. The highest BCUT2D eigenvalue weighted by atomic mass is 32.2. The summed E-state index contributed by atoms with van der Waals surface area (Å²) in [5, 5.41) is 14.1. The van der Waals surface area contributed by atoms with Gasteiger partial charge in [-0.05, 0) is 91.7 Å². The minimum Gasteiger partial charge on any atom is -0.482 e. The van der Waals surface area contributed by atoms with Gasteiger partial charge < -0.3 is 19.9 Å². The summed E-state index contributed by atoms with van der Waals surface area (Å²) >= 11 is 1.13. The molecule has 8 nitrogen and oxygen atoms in total. The van der Waals surface area contributed by atoms with Crippen molar-refractivity contribution in [2.24, 2.45) is 4.99 Å². The Morgan fingerprint density at radius 2 is 1.82 bits per heavy atom. The van der Waals surface area contributed by atoms with Gasteiger partial charge in [-0.2, -0.15) is 0 Å². The minimum atomic E-state index is -1.09. The molecule has 1 unspecified atom stereocenters. The number of halogens is 1. The van der Waals surface area contributed by atoms with Crippen LogP contribution in [0.3, 0.4) is 0 Å². The molecule has 208 valence electrons. The van der Waals surface area contributed by atoms with E-state index < -0.39 is 29.3 Å². The number of ether oxygens (including phenoxy) is 2. The number of thioether (sulfide) groups is 1. The van der Waals surface area contributed by atoms with Gasteiger partial charge >= 0.3 is 11.9 Å². The number of carbonyl (C=O) groups excluding carboxylic acids is 2. The number of carboxylic acid groups (broad SMARTS) is 1. The smallest absolute Gasteiger partial charge is 0.344 e. The summed E-state index contributed by atoms with van der Waals surface area (Å²) in [6.07, 6.45) is 2.00. The van der Waals surface area contributed by atoms with E-state index in [-0.39, 0.29) is 30.2 Å². The summed E-state index contributed by atoms with van der Waals surface area (Å²) < 4.78 is 25.4. The van der Waals surface area contributed by atoms with E-state index in [0.717, 1.165) is 34.2 Å². The van der Waals surface area contributed by atoms with Crippen molar-refractivity contribution in [3.63, 3.8) is 0 Å². The van der Waals surface area contributed by atoms with Crippen molar-refractivity contribution < 1.29 is 33.4 Å². The zero-order valence-electron chi connectivity index (χ0n) is 22.5. The van der Waals surface area contributed by atoms with E-state index in [2.05, 4.69) is 10.3 Å². The standard InChI is InChI=1S/C30H29FN2O6S/c1-5-22(28(36)37)23-11-9-20(15-24(23)31)32-29-33-27(35)25(40-29)13-17-6-7-19-14-21(10-8-18(19)12-17)38-16-26(34)39-30(2,3)4/h6-15,22H,5,16H2,1-4H3,(H,36,37)(H,32,33,35)/b25-13+. The third kappa shape index (κ3) is 7.26. The third-order valence-corrected chi connectivity index (χ3v) is 6.77. The molecule has 10 heteroatoms. The van der Waals surface area contributed by atoms with Crippen LogP contribution >= 0.6 is 11.8 Å². The Kier molecular flexibility index (Phi) is 8.58. The molecule has 40 heavy (non-hydrogen) atoms. The second-order valence-corrected chi connectivity index (χ2v) is 11.2. The minimum absolute atomic E-state index is 0.0978. The molecule has 1 heterocycles. The molecule has 1 amide bonds. The Bertz CT molecular complexity index is 1540. The van der Waals surface area contributed by atoms with Crippen LogP contribution in [0.5, 0.6) is 5.75 Å². The number of carboxylic acids is 1. The molecule has 0 aliphatic carbocycles. The Morgan fingerprint density at radius 1 is 1.10 bits per heavy atom. The number of rotatable bonds is 8. The maximum atomic E-state index is 14.6. The lowest BCUT2D eigenvalue weighted by molar-refractivity contribution is -0.157. The zero-order valence-corrected chi connectivity index (χ0v) is 23.3. The second-order valence-electron chi connectivity index (χ2n) is 10.1. The highest BCUT2D eigenvalue weighted by Gasteiger charge is 2.25. The van der Waals surface area contributed by atoms with E-state index in [9.17, 15) is 23.9 Å². The van der Waals surface area contributed by atoms with Crippen LogP contribution < -0.4 is 10.1 Å². The second kappa shape index (κ2) is 11.9. The summed E-state index contributed by atoms with van der Waals surface area (Å²) in [5.74, 6) is -2.92. The van der Waals surface area contributed by atoms with Crippen LogP contribution in [0.1, 0.15) is 51.2 Å². The van der Waals surface area contributed by atoms with E-state index in [1.807, 2.05) is 30.3 Å². The monoisotopic (exact) mass is 564 g/mol. The molecule has 4 rings (SSSR count). The SMILES string of the molecule is CCC(C(=O)O)c1ccc(N=C2NC(=O)/C(=C\c3ccc4cc(OCC(=O)OC(C)(C)C)ccc4c3)S2)cc1F. The number of esters is 1. The van der Waals surface area contributed by atoms with Crippen molar-refractivity contribution in [1.82, 2.24) is 5.32 Å². The molecule has 1 aliphatic rings. The number of hydrogen-bond donors (Lipinski definition) is 2. The highest BCUT2D eigenvalue weighted by molar-refractivity contribution is 8.18. The van der Waals surface area contributed by atoms with Crippen molar-refractivity contribution in [3.05, 3.63) is 76.4 Å². The van der Waals surface area contributed by atoms with Crippen LogP contribution in [-0.4, -0.2) is 40.3 Å². The number of hydrogen-bond acceptors (Lipinski definition) is 7. The number of nitrogens with one attached hydrogen (secondary N) is 1. The Morgan fingerprint density at radius 3 is 2.50 bits per heavy atom. The van der Waals surface area contributed by atoms with Gasteiger partial charge in [-0.15, -0.1) is 0 Å². The topological polar surface area (TPSA) is 114 Å². The first-order valence-electron chi connectivity index (χ1n) is 12.6. The highest BCUT2D eigenvalue weighted by Crippen LogP contribution is 2.31. The molecule has 1 atom stereocenters. The van der Waals surface area contributed by atoms with Gasteiger partial charge in [-0.25, -0.2) is 14.2 Å². The first-order chi connectivity index (χ1) is 18.9. The zero-order chi connectivity index (χ0) is 29.0. The molecule has 2 N–H and O–H groups in total. The summed E-state index contributed by atoms with van der Waals surface area (Å²) in [6.45, 7) is 6.87. The lowest BCUT2D eigenvalue weighted by Crippen LogP contribution is -2.27. The van der Waals surface area contributed by atoms with Crippen LogP contribution in [0, 0.1) is 5.82 Å². The Labute approximate surface area is 235 Å². The average molecular weight is 565 g/mol. The van der Waals surface area contributed by atoms with Gasteiger partial charge in [0.2, 0.25) is 0 Å². The molecule has 1 saturated heterocycles. The molecule has 1 fully saturated rings. The quantitative estimate of drug-likeness (QED) is 0.248. The predicted molar refractivity (Wildman–Crippen MR) is 153 cm³/mol. The summed E-state index contributed by atoms with van der Waals surface area (Å²) in [7, 11) is 0. The van der Waals surface area contributed by atoms with Gasteiger partial charge in [0, 0.05) is 5.56 Å². The molecule has 0 bridgehead atoms. The number of aliphatic imine (C=N–C) groups is 1. The van der Waals surface area contributed by atoms with Gasteiger partial charge in [0.05, 0.1) is 16.5 Å². The summed E-state index contributed by atoms with van der Waals surface area (Å²) in [5.41, 5.74) is 0.575. The molecule has 3 aromatic rings. The van der Waals surface area contributed by atoms with Gasteiger partial charge in [-0.3, -0.25) is 9.59 Å². The van der Waals surface area contributed by atoms with E-state index in [1.54, 1.807) is 39.8 Å². The van der Waals surface area contributed by atoms with Crippen molar-refractivity contribution in [3.8, 4) is 5.75 Å².